The number of carbonyl (C=O) groups is 2. The Kier molecular flexibility index (Phi) is 4.78. The van der Waals surface area contributed by atoms with Gasteiger partial charge >= 0.3 is 6.09 Å². The van der Waals surface area contributed by atoms with Crippen LogP contribution in [0.2, 0.25) is 0 Å². The fourth-order valence-electron chi connectivity index (χ4n) is 4.52. The monoisotopic (exact) mass is 337 g/mol. The number of nitrogens with one attached hydrogen (secondary N) is 1. The zero-order valence-corrected chi connectivity index (χ0v) is 15.3. The van der Waals surface area contributed by atoms with Crippen molar-refractivity contribution in [2.24, 2.45) is 10.8 Å². The highest BCUT2D eigenvalue weighted by atomic mass is 16.6. The van der Waals surface area contributed by atoms with Crippen LogP contribution in [0.4, 0.5) is 4.79 Å². The number of likely N-dealkylation sites (tertiary alicyclic amines) is 1. The van der Waals surface area contributed by atoms with Crippen LogP contribution in [0, 0.1) is 10.8 Å². The molecule has 2 aliphatic heterocycles. The number of ether oxygens (including phenoxy) is 1. The van der Waals surface area contributed by atoms with E-state index in [9.17, 15) is 9.59 Å². The van der Waals surface area contributed by atoms with Crippen LogP contribution in [0.1, 0.15) is 46.0 Å². The van der Waals surface area contributed by atoms with Crippen LogP contribution >= 0.6 is 0 Å². The summed E-state index contributed by atoms with van der Waals surface area (Å²) in [4.78, 5) is 27.6. The van der Waals surface area contributed by atoms with Crippen molar-refractivity contribution in [1.29, 1.82) is 0 Å². The van der Waals surface area contributed by atoms with Gasteiger partial charge in [-0.15, -0.1) is 0 Å². The molecular weight excluding hydrogens is 306 g/mol. The Hall–Kier alpha value is -1.30. The standard InChI is InChI=1S/C18H31N3O3/c1-4-24-16(23)21-8-6-18(13-21)9-14(10-18)20(3)7-5-17(2)11-15(22)19-12-17/h14H,4-13H2,1-3H3,(H,19,22). The fourth-order valence-corrected chi connectivity index (χ4v) is 4.52. The SMILES string of the molecule is CCOC(=O)N1CCC2(CC(N(C)CCC3(C)CNC(=O)C3)C2)C1. The minimum Gasteiger partial charge on any atom is -0.450 e. The molecule has 0 radical (unpaired) electrons. The number of nitrogens with zero attached hydrogens (tertiary/aromatic N) is 2. The molecule has 3 rings (SSSR count). The summed E-state index contributed by atoms with van der Waals surface area (Å²) < 4.78 is 5.12. The molecule has 1 saturated carbocycles. The molecule has 3 aliphatic rings. The lowest BCUT2D eigenvalue weighted by atomic mass is 9.64. The normalized spacial score (nSPS) is 35.4. The quantitative estimate of drug-likeness (QED) is 0.832. The summed E-state index contributed by atoms with van der Waals surface area (Å²) in [5.74, 6) is 0.188. The van der Waals surface area contributed by atoms with Gasteiger partial charge in [-0.2, -0.15) is 0 Å². The van der Waals surface area contributed by atoms with E-state index < -0.39 is 0 Å². The second-order valence-electron chi connectivity index (χ2n) is 8.43. The van der Waals surface area contributed by atoms with E-state index in [1.54, 1.807) is 0 Å². The number of rotatable bonds is 5. The molecule has 2 saturated heterocycles. The Morgan fingerprint density at radius 2 is 2.21 bits per heavy atom. The van der Waals surface area contributed by atoms with E-state index in [1.807, 2.05) is 11.8 Å². The molecule has 2 amide bonds. The Labute approximate surface area is 144 Å². The fraction of sp³-hybridized carbons (Fsp3) is 0.889. The second kappa shape index (κ2) is 6.54. The first kappa shape index (κ1) is 17.5. The molecule has 1 atom stereocenters. The molecule has 6 heteroatoms. The first-order valence-electron chi connectivity index (χ1n) is 9.23. The Balaban J connectivity index is 1.41. The molecule has 1 aliphatic carbocycles. The van der Waals surface area contributed by atoms with Crippen LogP contribution in [0.25, 0.3) is 0 Å². The molecule has 3 fully saturated rings. The highest BCUT2D eigenvalue weighted by Gasteiger charge is 2.50. The molecule has 2 heterocycles. The van der Waals surface area contributed by atoms with Gasteiger partial charge in [0, 0.05) is 32.1 Å². The van der Waals surface area contributed by atoms with Gasteiger partial charge in [0.15, 0.2) is 0 Å². The molecule has 136 valence electrons. The lowest BCUT2D eigenvalue weighted by Crippen LogP contribution is -2.51. The largest absolute Gasteiger partial charge is 0.450 e. The van der Waals surface area contributed by atoms with E-state index in [2.05, 4.69) is 24.2 Å². The van der Waals surface area contributed by atoms with Crippen molar-refractivity contribution in [1.82, 2.24) is 15.1 Å². The van der Waals surface area contributed by atoms with Crippen molar-refractivity contribution in [2.75, 3.05) is 39.8 Å². The van der Waals surface area contributed by atoms with Crippen molar-refractivity contribution in [3.05, 3.63) is 0 Å². The maximum absolute atomic E-state index is 11.9. The summed E-state index contributed by atoms with van der Waals surface area (Å²) in [7, 11) is 2.20. The minimum absolute atomic E-state index is 0.112. The lowest BCUT2D eigenvalue weighted by molar-refractivity contribution is -0.119. The first-order chi connectivity index (χ1) is 11.3. The molecule has 1 N–H and O–H groups in total. The summed E-state index contributed by atoms with van der Waals surface area (Å²) in [6.45, 7) is 8.04. The van der Waals surface area contributed by atoms with E-state index in [0.29, 0.717) is 24.5 Å². The van der Waals surface area contributed by atoms with Crippen LogP contribution in [0.15, 0.2) is 0 Å². The molecule has 1 spiro atoms. The van der Waals surface area contributed by atoms with E-state index >= 15 is 0 Å². The third kappa shape index (κ3) is 3.53. The average Bonchev–Trinajstić information content (AvgIpc) is 3.08. The van der Waals surface area contributed by atoms with Gasteiger partial charge in [0.2, 0.25) is 5.91 Å². The van der Waals surface area contributed by atoms with Crippen LogP contribution in [-0.2, 0) is 9.53 Å². The molecule has 0 aromatic heterocycles. The van der Waals surface area contributed by atoms with Crippen LogP contribution < -0.4 is 5.32 Å². The zero-order valence-electron chi connectivity index (χ0n) is 15.3. The van der Waals surface area contributed by atoms with Gasteiger partial charge < -0.3 is 19.9 Å². The third-order valence-corrected chi connectivity index (χ3v) is 6.29. The second-order valence-corrected chi connectivity index (χ2v) is 8.43. The van der Waals surface area contributed by atoms with Gasteiger partial charge in [-0.3, -0.25) is 4.79 Å². The predicted molar refractivity (Wildman–Crippen MR) is 91.6 cm³/mol. The molecule has 1 unspecified atom stereocenters. The van der Waals surface area contributed by atoms with Crippen molar-refractivity contribution in [3.63, 3.8) is 0 Å². The van der Waals surface area contributed by atoms with E-state index in [4.69, 9.17) is 4.74 Å². The number of carbonyl (C=O) groups excluding carboxylic acids is 2. The van der Waals surface area contributed by atoms with Crippen LogP contribution in [-0.4, -0.2) is 67.7 Å². The van der Waals surface area contributed by atoms with E-state index in [-0.39, 0.29) is 17.4 Å². The van der Waals surface area contributed by atoms with Crippen molar-refractivity contribution >= 4 is 12.0 Å². The molecule has 24 heavy (non-hydrogen) atoms. The van der Waals surface area contributed by atoms with Gasteiger partial charge in [0.25, 0.3) is 0 Å². The van der Waals surface area contributed by atoms with E-state index in [0.717, 1.165) is 39.0 Å². The molecule has 0 aromatic carbocycles. The van der Waals surface area contributed by atoms with Gasteiger partial charge in [-0.1, -0.05) is 6.92 Å². The van der Waals surface area contributed by atoms with E-state index in [1.165, 1.54) is 12.8 Å². The van der Waals surface area contributed by atoms with Gasteiger partial charge in [-0.05, 0) is 57.0 Å². The predicted octanol–water partition coefficient (Wildman–Crippen LogP) is 1.85. The minimum atomic E-state index is -0.155. The van der Waals surface area contributed by atoms with Crippen molar-refractivity contribution < 1.29 is 14.3 Å². The van der Waals surface area contributed by atoms with Crippen LogP contribution in [0.3, 0.4) is 0 Å². The molecule has 0 bridgehead atoms. The number of hydrogen-bond donors (Lipinski definition) is 1. The van der Waals surface area contributed by atoms with Gasteiger partial charge in [-0.25, -0.2) is 4.79 Å². The maximum atomic E-state index is 11.9. The van der Waals surface area contributed by atoms with Crippen LogP contribution in [0.5, 0.6) is 0 Å². The first-order valence-corrected chi connectivity index (χ1v) is 9.23. The number of amides is 2. The van der Waals surface area contributed by atoms with Gasteiger partial charge in [0.05, 0.1) is 6.61 Å². The molecule has 6 nitrogen and oxygen atoms in total. The summed E-state index contributed by atoms with van der Waals surface area (Å²) in [5.41, 5.74) is 0.432. The van der Waals surface area contributed by atoms with Gasteiger partial charge in [0.1, 0.15) is 0 Å². The molecule has 0 aromatic rings. The summed E-state index contributed by atoms with van der Waals surface area (Å²) in [6, 6.07) is 0.612. The molecular formula is C18H31N3O3. The Morgan fingerprint density at radius 3 is 2.83 bits per heavy atom. The average molecular weight is 337 g/mol. The summed E-state index contributed by atoms with van der Waals surface area (Å²) >= 11 is 0. The summed E-state index contributed by atoms with van der Waals surface area (Å²) in [5, 5.41) is 2.95. The zero-order chi connectivity index (χ0) is 17.4. The number of hydrogen-bond acceptors (Lipinski definition) is 4. The van der Waals surface area contributed by atoms with Crippen molar-refractivity contribution in [2.45, 2.75) is 52.0 Å². The highest BCUT2D eigenvalue weighted by molar-refractivity contribution is 5.79. The lowest BCUT2D eigenvalue weighted by Gasteiger charge is -2.49. The summed E-state index contributed by atoms with van der Waals surface area (Å²) in [6.07, 6.45) is 5.01. The Morgan fingerprint density at radius 1 is 1.46 bits per heavy atom. The maximum Gasteiger partial charge on any atom is 0.409 e. The highest BCUT2D eigenvalue weighted by Crippen LogP contribution is 2.50. The topological polar surface area (TPSA) is 61.9 Å². The van der Waals surface area contributed by atoms with Crippen molar-refractivity contribution in [3.8, 4) is 0 Å². The Bertz CT molecular complexity index is 504. The smallest absolute Gasteiger partial charge is 0.409 e. The third-order valence-electron chi connectivity index (χ3n) is 6.29.